The maximum atomic E-state index is 12.9. The molecule has 152 valence electrons. The Kier molecular flexibility index (Phi) is 5.30. The molecular formula is C22H22F3N3O. The molecule has 1 aliphatic rings. The van der Waals surface area contributed by atoms with Gasteiger partial charge in [-0.05, 0) is 36.6 Å². The summed E-state index contributed by atoms with van der Waals surface area (Å²) in [6.07, 6.45) is 3.50. The van der Waals surface area contributed by atoms with E-state index in [1.54, 1.807) is 16.7 Å². The highest BCUT2D eigenvalue weighted by Crippen LogP contribution is 2.34. The van der Waals surface area contributed by atoms with E-state index >= 15 is 0 Å². The Morgan fingerprint density at radius 2 is 1.83 bits per heavy atom. The van der Waals surface area contributed by atoms with Crippen molar-refractivity contribution in [2.45, 2.75) is 44.7 Å². The molecule has 0 bridgehead atoms. The molecule has 0 radical (unpaired) electrons. The molecule has 7 heteroatoms. The Balaban J connectivity index is 1.61. The molecular weight excluding hydrogens is 379 g/mol. The predicted molar refractivity (Wildman–Crippen MR) is 105 cm³/mol. The van der Waals surface area contributed by atoms with E-state index in [1.807, 2.05) is 12.1 Å². The summed E-state index contributed by atoms with van der Waals surface area (Å²) >= 11 is 0. The first-order valence-electron chi connectivity index (χ1n) is 9.86. The average Bonchev–Trinajstić information content (AvgIpc) is 3.34. The first-order valence-corrected chi connectivity index (χ1v) is 9.86. The van der Waals surface area contributed by atoms with Crippen LogP contribution < -0.4 is 5.32 Å². The standard InChI is InChI=1S/C22H22F3N3O/c23-22(24,25)17-11-9-16(10-12-17)20-21(28-14-4-3-7-18(28)26-20)27-19(29)13-8-15-5-1-2-6-15/h3-4,7,9-12,14-15H,1-2,5-6,8,13H2,(H,27,29). The minimum Gasteiger partial charge on any atom is -0.310 e. The minimum atomic E-state index is -4.39. The van der Waals surface area contributed by atoms with E-state index in [-0.39, 0.29) is 5.91 Å². The van der Waals surface area contributed by atoms with Crippen molar-refractivity contribution in [1.29, 1.82) is 0 Å². The van der Waals surface area contributed by atoms with Crippen molar-refractivity contribution in [1.82, 2.24) is 9.38 Å². The van der Waals surface area contributed by atoms with Crippen LogP contribution in [0.15, 0.2) is 48.7 Å². The van der Waals surface area contributed by atoms with Crippen LogP contribution in [0.25, 0.3) is 16.9 Å². The van der Waals surface area contributed by atoms with Gasteiger partial charge in [-0.3, -0.25) is 9.20 Å². The molecule has 4 nitrogen and oxygen atoms in total. The van der Waals surface area contributed by atoms with Gasteiger partial charge in [0.15, 0.2) is 0 Å². The Bertz CT molecular complexity index is 1000. The van der Waals surface area contributed by atoms with Crippen molar-refractivity contribution >= 4 is 17.4 Å². The Morgan fingerprint density at radius 3 is 2.52 bits per heavy atom. The average molecular weight is 401 g/mol. The van der Waals surface area contributed by atoms with Crippen molar-refractivity contribution in [2.24, 2.45) is 5.92 Å². The summed E-state index contributed by atoms with van der Waals surface area (Å²) in [7, 11) is 0. The second kappa shape index (κ2) is 7.89. The lowest BCUT2D eigenvalue weighted by atomic mass is 10.0. The number of imidazole rings is 1. The SMILES string of the molecule is O=C(CCC1CCCC1)Nc1c(-c2ccc(C(F)(F)F)cc2)nc2ccccn12. The summed E-state index contributed by atoms with van der Waals surface area (Å²) in [5.74, 6) is 0.991. The molecule has 1 fully saturated rings. The number of alkyl halides is 3. The van der Waals surface area contributed by atoms with Gasteiger partial charge in [-0.2, -0.15) is 13.2 Å². The van der Waals surface area contributed by atoms with E-state index in [1.165, 1.54) is 37.8 Å². The number of nitrogens with one attached hydrogen (secondary N) is 1. The van der Waals surface area contributed by atoms with Crippen LogP contribution in [0, 0.1) is 5.92 Å². The molecule has 0 atom stereocenters. The quantitative estimate of drug-likeness (QED) is 0.576. The topological polar surface area (TPSA) is 46.4 Å². The molecule has 1 aliphatic carbocycles. The summed E-state index contributed by atoms with van der Waals surface area (Å²) in [5, 5.41) is 2.94. The summed E-state index contributed by atoms with van der Waals surface area (Å²) < 4.78 is 40.4. The number of hydrogen-bond acceptors (Lipinski definition) is 2. The van der Waals surface area contributed by atoms with Crippen LogP contribution in [-0.4, -0.2) is 15.3 Å². The van der Waals surface area contributed by atoms with Gasteiger partial charge >= 0.3 is 6.18 Å². The molecule has 1 saturated carbocycles. The van der Waals surface area contributed by atoms with Crippen LogP contribution >= 0.6 is 0 Å². The van der Waals surface area contributed by atoms with Gasteiger partial charge in [0.05, 0.1) is 5.56 Å². The zero-order chi connectivity index (χ0) is 20.4. The van der Waals surface area contributed by atoms with E-state index in [4.69, 9.17) is 0 Å². The molecule has 2 heterocycles. The van der Waals surface area contributed by atoms with Crippen LogP contribution in [0.4, 0.5) is 19.0 Å². The number of benzene rings is 1. The van der Waals surface area contributed by atoms with Crippen LogP contribution in [0.5, 0.6) is 0 Å². The summed E-state index contributed by atoms with van der Waals surface area (Å²) in [4.78, 5) is 17.1. The van der Waals surface area contributed by atoms with Crippen molar-refractivity contribution in [3.63, 3.8) is 0 Å². The molecule has 1 N–H and O–H groups in total. The molecule has 0 aliphatic heterocycles. The highest BCUT2D eigenvalue weighted by atomic mass is 19.4. The van der Waals surface area contributed by atoms with Crippen LogP contribution in [0.1, 0.15) is 44.1 Å². The van der Waals surface area contributed by atoms with Gasteiger partial charge in [-0.15, -0.1) is 0 Å². The second-order valence-corrected chi connectivity index (χ2v) is 7.55. The van der Waals surface area contributed by atoms with Gasteiger partial charge in [-0.25, -0.2) is 4.98 Å². The molecule has 29 heavy (non-hydrogen) atoms. The van der Waals surface area contributed by atoms with E-state index in [0.29, 0.717) is 35.1 Å². The van der Waals surface area contributed by atoms with Crippen molar-refractivity contribution in [3.8, 4) is 11.3 Å². The number of nitrogens with zero attached hydrogens (tertiary/aromatic N) is 2. The largest absolute Gasteiger partial charge is 0.416 e. The fraction of sp³-hybridized carbons (Fsp3) is 0.364. The van der Waals surface area contributed by atoms with Crippen LogP contribution in [-0.2, 0) is 11.0 Å². The number of aromatic nitrogens is 2. The number of halogens is 3. The summed E-state index contributed by atoms with van der Waals surface area (Å²) in [5.41, 5.74) is 0.882. The third-order valence-corrected chi connectivity index (χ3v) is 5.53. The lowest BCUT2D eigenvalue weighted by molar-refractivity contribution is -0.137. The van der Waals surface area contributed by atoms with Gasteiger partial charge in [0.2, 0.25) is 5.91 Å². The van der Waals surface area contributed by atoms with Crippen molar-refractivity contribution in [2.75, 3.05) is 5.32 Å². The number of rotatable bonds is 5. The van der Waals surface area contributed by atoms with E-state index < -0.39 is 11.7 Å². The molecule has 2 aromatic heterocycles. The summed E-state index contributed by atoms with van der Waals surface area (Å²) in [6, 6.07) is 10.3. The van der Waals surface area contributed by atoms with Crippen molar-refractivity contribution < 1.29 is 18.0 Å². The molecule has 0 spiro atoms. The fourth-order valence-electron chi connectivity index (χ4n) is 3.96. The van der Waals surface area contributed by atoms with Gasteiger partial charge in [0, 0.05) is 18.2 Å². The first kappa shape index (κ1) is 19.5. The van der Waals surface area contributed by atoms with Gasteiger partial charge in [-0.1, -0.05) is 43.9 Å². The monoisotopic (exact) mass is 401 g/mol. The lowest BCUT2D eigenvalue weighted by Crippen LogP contribution is -2.14. The van der Waals surface area contributed by atoms with E-state index in [9.17, 15) is 18.0 Å². The number of carbonyl (C=O) groups is 1. The number of fused-ring (bicyclic) bond motifs is 1. The van der Waals surface area contributed by atoms with E-state index in [0.717, 1.165) is 18.6 Å². The molecule has 1 amide bonds. The predicted octanol–water partition coefficient (Wildman–Crippen LogP) is 5.93. The molecule has 4 rings (SSSR count). The normalized spacial score (nSPS) is 15.1. The van der Waals surface area contributed by atoms with Gasteiger partial charge < -0.3 is 5.32 Å². The molecule has 0 unspecified atom stereocenters. The second-order valence-electron chi connectivity index (χ2n) is 7.55. The van der Waals surface area contributed by atoms with Crippen LogP contribution in [0.3, 0.4) is 0 Å². The number of carbonyl (C=O) groups excluding carboxylic acids is 1. The highest BCUT2D eigenvalue weighted by Gasteiger charge is 2.30. The third-order valence-electron chi connectivity index (χ3n) is 5.53. The smallest absolute Gasteiger partial charge is 0.310 e. The minimum absolute atomic E-state index is 0.101. The van der Waals surface area contributed by atoms with Gasteiger partial charge in [0.1, 0.15) is 17.2 Å². The highest BCUT2D eigenvalue weighted by molar-refractivity contribution is 5.94. The molecule has 1 aromatic carbocycles. The Morgan fingerprint density at radius 1 is 1.10 bits per heavy atom. The van der Waals surface area contributed by atoms with Crippen LogP contribution in [0.2, 0.25) is 0 Å². The fourth-order valence-corrected chi connectivity index (χ4v) is 3.96. The zero-order valence-corrected chi connectivity index (χ0v) is 15.9. The Labute approximate surface area is 166 Å². The number of pyridine rings is 1. The lowest BCUT2D eigenvalue weighted by Gasteiger charge is -2.11. The number of amides is 1. The molecule has 0 saturated heterocycles. The maximum absolute atomic E-state index is 12.9. The zero-order valence-electron chi connectivity index (χ0n) is 15.9. The first-order chi connectivity index (χ1) is 13.9. The van der Waals surface area contributed by atoms with E-state index in [2.05, 4.69) is 10.3 Å². The third kappa shape index (κ3) is 4.28. The molecule has 3 aromatic rings. The Hall–Kier alpha value is -2.83. The number of anilines is 1. The maximum Gasteiger partial charge on any atom is 0.416 e. The summed E-state index contributed by atoms with van der Waals surface area (Å²) in [6.45, 7) is 0. The van der Waals surface area contributed by atoms with Crippen molar-refractivity contribution in [3.05, 3.63) is 54.2 Å². The number of hydrogen-bond donors (Lipinski definition) is 1. The van der Waals surface area contributed by atoms with Gasteiger partial charge in [0.25, 0.3) is 0 Å².